The van der Waals surface area contributed by atoms with E-state index in [1.807, 2.05) is 25.1 Å². The molecule has 0 fully saturated rings. The van der Waals surface area contributed by atoms with Gasteiger partial charge in [0.25, 0.3) is 5.91 Å². The molecule has 0 saturated heterocycles. The Morgan fingerprint density at radius 2 is 1.58 bits per heavy atom. The lowest BCUT2D eigenvalue weighted by Crippen LogP contribution is -2.37. The average molecular weight is 356 g/mol. The number of hydrogen-bond acceptors (Lipinski definition) is 4. The lowest BCUT2D eigenvalue weighted by Gasteiger charge is -2.17. The number of anilines is 1. The van der Waals surface area contributed by atoms with E-state index in [0.29, 0.717) is 18.0 Å². The van der Waals surface area contributed by atoms with E-state index in [4.69, 9.17) is 9.47 Å². The molecule has 0 aliphatic carbocycles. The first-order chi connectivity index (χ1) is 12.6. The monoisotopic (exact) mass is 356 g/mol. The van der Waals surface area contributed by atoms with Crippen LogP contribution in [0.2, 0.25) is 0 Å². The van der Waals surface area contributed by atoms with Crippen molar-refractivity contribution in [3.8, 4) is 11.5 Å². The van der Waals surface area contributed by atoms with Crippen molar-refractivity contribution in [1.29, 1.82) is 0 Å². The molecule has 0 saturated carbocycles. The summed E-state index contributed by atoms with van der Waals surface area (Å²) in [6.45, 7) is 2.53. The normalized spacial score (nSPS) is 10.1. The van der Waals surface area contributed by atoms with Crippen LogP contribution in [0.1, 0.15) is 13.3 Å². The highest BCUT2D eigenvalue weighted by atomic mass is 16.5. The molecule has 26 heavy (non-hydrogen) atoms. The van der Waals surface area contributed by atoms with Crippen LogP contribution in [0.5, 0.6) is 11.5 Å². The maximum atomic E-state index is 12.1. The number of rotatable bonds is 9. The summed E-state index contributed by atoms with van der Waals surface area (Å²) in [4.78, 5) is 25.4. The summed E-state index contributed by atoms with van der Waals surface area (Å²) in [6.07, 6.45) is 0.941. The highest BCUT2D eigenvalue weighted by Gasteiger charge is 2.13. The van der Waals surface area contributed by atoms with Crippen LogP contribution < -0.4 is 14.8 Å². The first-order valence-electron chi connectivity index (χ1n) is 8.53. The molecule has 6 nitrogen and oxygen atoms in total. The third-order valence-corrected chi connectivity index (χ3v) is 3.52. The quantitative estimate of drug-likeness (QED) is 0.750. The third kappa shape index (κ3) is 6.47. The number of carbonyl (C=O) groups excluding carboxylic acids is 2. The average Bonchev–Trinajstić information content (AvgIpc) is 2.65. The zero-order valence-corrected chi connectivity index (χ0v) is 15.1. The van der Waals surface area contributed by atoms with Gasteiger partial charge in [0.1, 0.15) is 11.5 Å². The van der Waals surface area contributed by atoms with Crippen LogP contribution in [0.3, 0.4) is 0 Å². The van der Waals surface area contributed by atoms with Crippen molar-refractivity contribution in [3.05, 3.63) is 54.6 Å². The molecule has 0 radical (unpaired) electrons. The maximum absolute atomic E-state index is 12.1. The number of carbonyl (C=O) groups is 2. The number of para-hydroxylation sites is 1. The summed E-state index contributed by atoms with van der Waals surface area (Å²) in [5.41, 5.74) is 0.694. The van der Waals surface area contributed by atoms with Crippen molar-refractivity contribution in [2.75, 3.05) is 32.1 Å². The van der Waals surface area contributed by atoms with E-state index < -0.39 is 0 Å². The topological polar surface area (TPSA) is 67.9 Å². The second kappa shape index (κ2) is 10.1. The Kier molecular flexibility index (Phi) is 7.49. The van der Waals surface area contributed by atoms with E-state index in [1.165, 1.54) is 4.90 Å². The molecule has 0 bridgehead atoms. The van der Waals surface area contributed by atoms with Gasteiger partial charge in [-0.2, -0.15) is 0 Å². The Morgan fingerprint density at radius 3 is 2.19 bits per heavy atom. The maximum Gasteiger partial charge on any atom is 0.260 e. The van der Waals surface area contributed by atoms with Crippen LogP contribution in [-0.4, -0.2) is 43.5 Å². The largest absolute Gasteiger partial charge is 0.494 e. The molecule has 0 aliphatic heterocycles. The predicted octanol–water partition coefficient (Wildman–Crippen LogP) is 2.95. The van der Waals surface area contributed by atoms with E-state index in [2.05, 4.69) is 5.32 Å². The molecule has 0 heterocycles. The summed E-state index contributed by atoms with van der Waals surface area (Å²) in [5.74, 6) is 0.800. The minimum absolute atomic E-state index is 0.0408. The molecule has 1 N–H and O–H groups in total. The van der Waals surface area contributed by atoms with Crippen molar-refractivity contribution in [2.45, 2.75) is 13.3 Å². The van der Waals surface area contributed by atoms with Gasteiger partial charge >= 0.3 is 0 Å². The van der Waals surface area contributed by atoms with Gasteiger partial charge in [0.15, 0.2) is 6.61 Å². The van der Waals surface area contributed by atoms with Crippen LogP contribution in [0.4, 0.5) is 5.69 Å². The second-order valence-corrected chi connectivity index (χ2v) is 5.77. The number of benzene rings is 2. The van der Waals surface area contributed by atoms with Crippen molar-refractivity contribution in [1.82, 2.24) is 4.90 Å². The van der Waals surface area contributed by atoms with Gasteiger partial charge in [0, 0.05) is 12.7 Å². The zero-order valence-electron chi connectivity index (χ0n) is 15.1. The van der Waals surface area contributed by atoms with Crippen molar-refractivity contribution < 1.29 is 19.1 Å². The molecule has 2 aromatic rings. The number of ether oxygens (including phenoxy) is 2. The Bertz CT molecular complexity index is 702. The van der Waals surface area contributed by atoms with E-state index in [9.17, 15) is 9.59 Å². The van der Waals surface area contributed by atoms with E-state index in [-0.39, 0.29) is 25.0 Å². The number of likely N-dealkylation sites (N-methyl/N-ethyl adjacent to an activating group) is 1. The Morgan fingerprint density at radius 1 is 0.962 bits per heavy atom. The number of nitrogens with zero attached hydrogens (tertiary/aromatic N) is 1. The molecule has 0 atom stereocenters. The highest BCUT2D eigenvalue weighted by molar-refractivity contribution is 5.94. The predicted molar refractivity (Wildman–Crippen MR) is 100 cm³/mol. The van der Waals surface area contributed by atoms with E-state index in [0.717, 1.165) is 12.2 Å². The van der Waals surface area contributed by atoms with Crippen LogP contribution in [0, 0.1) is 0 Å². The fourth-order valence-electron chi connectivity index (χ4n) is 2.13. The zero-order chi connectivity index (χ0) is 18.8. The van der Waals surface area contributed by atoms with Crippen LogP contribution in [0.15, 0.2) is 54.6 Å². The minimum atomic E-state index is -0.278. The second-order valence-electron chi connectivity index (χ2n) is 5.77. The lowest BCUT2D eigenvalue weighted by molar-refractivity contribution is -0.135. The standard InChI is InChI=1S/C20H24N2O4/c1-3-13-25-17-9-11-18(12-10-17)26-15-20(24)22(2)14-19(23)21-16-7-5-4-6-8-16/h4-12H,3,13-15H2,1-2H3,(H,21,23). The van der Waals surface area contributed by atoms with Crippen LogP contribution in [-0.2, 0) is 9.59 Å². The minimum Gasteiger partial charge on any atom is -0.494 e. The highest BCUT2D eigenvalue weighted by Crippen LogP contribution is 2.17. The fraction of sp³-hybridized carbons (Fsp3) is 0.300. The van der Waals surface area contributed by atoms with E-state index in [1.54, 1.807) is 43.4 Å². The van der Waals surface area contributed by atoms with Gasteiger partial charge in [0.05, 0.1) is 13.2 Å². The van der Waals surface area contributed by atoms with Gasteiger partial charge in [-0.25, -0.2) is 0 Å². The molecule has 0 aliphatic rings. The molecule has 2 rings (SSSR count). The van der Waals surface area contributed by atoms with E-state index >= 15 is 0 Å². The molecule has 2 amide bonds. The van der Waals surface area contributed by atoms with Gasteiger partial charge in [-0.15, -0.1) is 0 Å². The number of hydrogen-bond donors (Lipinski definition) is 1. The summed E-state index contributed by atoms with van der Waals surface area (Å²) >= 11 is 0. The van der Waals surface area contributed by atoms with Gasteiger partial charge in [0.2, 0.25) is 5.91 Å². The molecule has 2 aromatic carbocycles. The van der Waals surface area contributed by atoms with Gasteiger partial charge in [-0.3, -0.25) is 9.59 Å². The Labute approximate surface area is 153 Å². The third-order valence-electron chi connectivity index (χ3n) is 3.52. The summed E-state index contributed by atoms with van der Waals surface area (Å²) in [6, 6.07) is 16.2. The van der Waals surface area contributed by atoms with Crippen LogP contribution in [0.25, 0.3) is 0 Å². The smallest absolute Gasteiger partial charge is 0.260 e. The molecule has 138 valence electrons. The van der Waals surface area contributed by atoms with Crippen LogP contribution >= 0.6 is 0 Å². The SMILES string of the molecule is CCCOc1ccc(OCC(=O)N(C)CC(=O)Nc2ccccc2)cc1. The molecule has 0 aromatic heterocycles. The summed E-state index contributed by atoms with van der Waals surface area (Å²) < 4.78 is 11.0. The van der Waals surface area contributed by atoms with Gasteiger partial charge < -0.3 is 19.7 Å². The van der Waals surface area contributed by atoms with Crippen molar-refractivity contribution in [3.63, 3.8) is 0 Å². The molecule has 6 heteroatoms. The number of amides is 2. The number of nitrogens with one attached hydrogen (secondary N) is 1. The first kappa shape index (κ1) is 19.3. The molecular formula is C20H24N2O4. The Balaban J connectivity index is 1.75. The lowest BCUT2D eigenvalue weighted by atomic mass is 10.3. The summed E-state index contributed by atoms with van der Waals surface area (Å²) in [7, 11) is 1.57. The van der Waals surface area contributed by atoms with Gasteiger partial charge in [-0.05, 0) is 42.8 Å². The van der Waals surface area contributed by atoms with Crippen molar-refractivity contribution in [2.24, 2.45) is 0 Å². The molecule has 0 spiro atoms. The first-order valence-corrected chi connectivity index (χ1v) is 8.53. The van der Waals surface area contributed by atoms with Crippen molar-refractivity contribution >= 4 is 17.5 Å². The molecular weight excluding hydrogens is 332 g/mol. The Hall–Kier alpha value is -3.02. The molecule has 0 unspecified atom stereocenters. The summed E-state index contributed by atoms with van der Waals surface area (Å²) in [5, 5.41) is 2.74. The van der Waals surface area contributed by atoms with Gasteiger partial charge in [-0.1, -0.05) is 25.1 Å². The fourth-order valence-corrected chi connectivity index (χ4v) is 2.13.